The molecule has 15 heavy (non-hydrogen) atoms. The second-order valence-corrected chi connectivity index (χ2v) is 5.61. The molecule has 0 aromatic rings. The summed E-state index contributed by atoms with van der Waals surface area (Å²) >= 11 is 0. The average molecular weight is 213 g/mol. The zero-order chi connectivity index (χ0) is 11.8. The number of rotatable bonds is 3. The molecule has 88 valence electrons. The summed E-state index contributed by atoms with van der Waals surface area (Å²) in [5.41, 5.74) is -0.232. The van der Waals surface area contributed by atoms with Gasteiger partial charge in [-0.25, -0.2) is 0 Å². The minimum atomic E-state index is -0.709. The summed E-state index contributed by atoms with van der Waals surface area (Å²) in [4.78, 5) is 13.2. The molecular formula is C12H23NO2. The van der Waals surface area contributed by atoms with Crippen molar-refractivity contribution in [2.24, 2.45) is 11.8 Å². The van der Waals surface area contributed by atoms with Crippen LogP contribution in [0.25, 0.3) is 0 Å². The molecule has 1 aliphatic rings. The molecule has 1 N–H and O–H groups in total. The summed E-state index contributed by atoms with van der Waals surface area (Å²) in [6.07, 6.45) is 0.219. The van der Waals surface area contributed by atoms with Crippen LogP contribution in [0.5, 0.6) is 0 Å². The van der Waals surface area contributed by atoms with Gasteiger partial charge in [0.05, 0.1) is 6.42 Å². The monoisotopic (exact) mass is 213 g/mol. The van der Waals surface area contributed by atoms with E-state index in [4.69, 9.17) is 5.11 Å². The average Bonchev–Trinajstić information content (AvgIpc) is 2.31. The standard InChI is InChI=1S/C12H23NO2/c1-8-7-13(10(3)9(8)2)12(4,5)6-11(14)15/h8-10H,6-7H2,1-5H3,(H,14,15). The second kappa shape index (κ2) is 4.12. The van der Waals surface area contributed by atoms with Gasteiger partial charge in [-0.3, -0.25) is 9.69 Å². The van der Waals surface area contributed by atoms with Crippen LogP contribution in [0.3, 0.4) is 0 Å². The van der Waals surface area contributed by atoms with Crippen LogP contribution < -0.4 is 0 Å². The van der Waals surface area contributed by atoms with E-state index in [-0.39, 0.29) is 12.0 Å². The molecule has 0 aromatic carbocycles. The van der Waals surface area contributed by atoms with Gasteiger partial charge in [0.25, 0.3) is 0 Å². The summed E-state index contributed by atoms with van der Waals surface area (Å²) in [6, 6.07) is 0.481. The molecule has 3 nitrogen and oxygen atoms in total. The lowest BCUT2D eigenvalue weighted by atomic mass is 9.94. The van der Waals surface area contributed by atoms with E-state index >= 15 is 0 Å². The van der Waals surface area contributed by atoms with Gasteiger partial charge in [-0.05, 0) is 32.6 Å². The Labute approximate surface area is 92.5 Å². The summed E-state index contributed by atoms with van der Waals surface area (Å²) < 4.78 is 0. The molecule has 0 spiro atoms. The maximum atomic E-state index is 10.8. The lowest BCUT2D eigenvalue weighted by Crippen LogP contribution is -2.48. The Hall–Kier alpha value is -0.570. The minimum Gasteiger partial charge on any atom is -0.481 e. The Morgan fingerprint density at radius 1 is 1.40 bits per heavy atom. The van der Waals surface area contributed by atoms with Crippen molar-refractivity contribution >= 4 is 5.97 Å². The number of carboxylic acid groups (broad SMARTS) is 1. The van der Waals surface area contributed by atoms with E-state index in [0.717, 1.165) is 6.54 Å². The van der Waals surface area contributed by atoms with E-state index in [2.05, 4.69) is 25.7 Å². The first-order valence-electron chi connectivity index (χ1n) is 5.74. The molecule has 0 amide bonds. The van der Waals surface area contributed by atoms with Crippen LogP contribution in [-0.2, 0) is 4.79 Å². The maximum Gasteiger partial charge on any atom is 0.305 e. The molecule has 3 atom stereocenters. The Morgan fingerprint density at radius 2 is 1.93 bits per heavy atom. The highest BCUT2D eigenvalue weighted by atomic mass is 16.4. The van der Waals surface area contributed by atoms with Crippen molar-refractivity contribution < 1.29 is 9.90 Å². The fraction of sp³-hybridized carbons (Fsp3) is 0.917. The van der Waals surface area contributed by atoms with Crippen LogP contribution in [0, 0.1) is 11.8 Å². The Bertz CT molecular complexity index is 250. The van der Waals surface area contributed by atoms with E-state index in [1.807, 2.05) is 13.8 Å². The van der Waals surface area contributed by atoms with Gasteiger partial charge < -0.3 is 5.11 Å². The summed E-state index contributed by atoms with van der Waals surface area (Å²) in [5.74, 6) is 0.602. The van der Waals surface area contributed by atoms with Crippen LogP contribution in [0.1, 0.15) is 41.0 Å². The number of aliphatic carboxylic acids is 1. The molecule has 1 heterocycles. The zero-order valence-electron chi connectivity index (χ0n) is 10.4. The fourth-order valence-corrected chi connectivity index (χ4v) is 2.67. The number of hydrogen-bond donors (Lipinski definition) is 1. The van der Waals surface area contributed by atoms with E-state index in [1.54, 1.807) is 0 Å². The molecule has 0 radical (unpaired) electrons. The van der Waals surface area contributed by atoms with Gasteiger partial charge in [-0.2, -0.15) is 0 Å². The molecule has 0 bridgehead atoms. The van der Waals surface area contributed by atoms with Crippen LogP contribution in [0.2, 0.25) is 0 Å². The molecule has 3 unspecified atom stereocenters. The van der Waals surface area contributed by atoms with E-state index < -0.39 is 5.97 Å². The highest BCUT2D eigenvalue weighted by Crippen LogP contribution is 2.35. The molecule has 3 heteroatoms. The topological polar surface area (TPSA) is 40.5 Å². The number of likely N-dealkylation sites (tertiary alicyclic amines) is 1. The predicted octanol–water partition coefficient (Wildman–Crippen LogP) is 2.22. The Morgan fingerprint density at radius 3 is 2.27 bits per heavy atom. The largest absolute Gasteiger partial charge is 0.481 e. The maximum absolute atomic E-state index is 10.8. The van der Waals surface area contributed by atoms with Crippen LogP contribution in [0.15, 0.2) is 0 Å². The van der Waals surface area contributed by atoms with Crippen LogP contribution in [0.4, 0.5) is 0 Å². The number of hydrogen-bond acceptors (Lipinski definition) is 2. The summed E-state index contributed by atoms with van der Waals surface area (Å²) in [7, 11) is 0. The van der Waals surface area contributed by atoms with Crippen molar-refractivity contribution in [2.45, 2.75) is 52.6 Å². The molecule has 1 rings (SSSR count). The van der Waals surface area contributed by atoms with Gasteiger partial charge in [-0.15, -0.1) is 0 Å². The number of carbonyl (C=O) groups is 1. The predicted molar refractivity (Wildman–Crippen MR) is 60.8 cm³/mol. The van der Waals surface area contributed by atoms with Gasteiger partial charge in [0, 0.05) is 18.1 Å². The van der Waals surface area contributed by atoms with Gasteiger partial charge in [0.2, 0.25) is 0 Å². The highest BCUT2D eigenvalue weighted by Gasteiger charge is 2.41. The quantitative estimate of drug-likeness (QED) is 0.781. The second-order valence-electron chi connectivity index (χ2n) is 5.61. The van der Waals surface area contributed by atoms with Crippen molar-refractivity contribution in [1.29, 1.82) is 0 Å². The van der Waals surface area contributed by atoms with Crippen LogP contribution >= 0.6 is 0 Å². The lowest BCUT2D eigenvalue weighted by molar-refractivity contribution is -0.140. The van der Waals surface area contributed by atoms with Gasteiger partial charge in [-0.1, -0.05) is 13.8 Å². The Kier molecular flexibility index (Phi) is 3.44. The molecule has 1 fully saturated rings. The van der Waals surface area contributed by atoms with Gasteiger partial charge in [0.1, 0.15) is 0 Å². The molecule has 0 saturated carbocycles. The van der Waals surface area contributed by atoms with Gasteiger partial charge >= 0.3 is 5.97 Å². The van der Waals surface area contributed by atoms with E-state index in [0.29, 0.717) is 17.9 Å². The van der Waals surface area contributed by atoms with E-state index in [9.17, 15) is 4.79 Å². The lowest BCUT2D eigenvalue weighted by Gasteiger charge is -2.38. The first-order chi connectivity index (χ1) is 6.75. The zero-order valence-corrected chi connectivity index (χ0v) is 10.4. The third-order valence-electron chi connectivity index (χ3n) is 4.00. The van der Waals surface area contributed by atoms with E-state index in [1.165, 1.54) is 0 Å². The summed E-state index contributed by atoms with van der Waals surface area (Å²) in [5, 5.41) is 8.90. The van der Waals surface area contributed by atoms with Gasteiger partial charge in [0.15, 0.2) is 0 Å². The highest BCUT2D eigenvalue weighted by molar-refractivity contribution is 5.68. The number of nitrogens with zero attached hydrogens (tertiary/aromatic N) is 1. The first-order valence-corrected chi connectivity index (χ1v) is 5.74. The minimum absolute atomic E-state index is 0.219. The fourth-order valence-electron chi connectivity index (χ4n) is 2.67. The van der Waals surface area contributed by atoms with Crippen molar-refractivity contribution in [3.05, 3.63) is 0 Å². The third-order valence-corrected chi connectivity index (χ3v) is 4.00. The van der Waals surface area contributed by atoms with Crippen LogP contribution in [-0.4, -0.2) is 34.1 Å². The normalized spacial score (nSPS) is 33.3. The van der Waals surface area contributed by atoms with Crippen molar-refractivity contribution in [3.63, 3.8) is 0 Å². The molecule has 1 aliphatic heterocycles. The Balaban J connectivity index is 2.75. The molecular weight excluding hydrogens is 190 g/mol. The van der Waals surface area contributed by atoms with Crippen molar-refractivity contribution in [3.8, 4) is 0 Å². The first kappa shape index (κ1) is 12.5. The molecule has 0 aliphatic carbocycles. The van der Waals surface area contributed by atoms with Crippen molar-refractivity contribution in [1.82, 2.24) is 4.90 Å². The SMILES string of the molecule is CC1CN(C(C)(C)CC(=O)O)C(C)C1C. The number of carboxylic acids is 1. The molecule has 1 saturated heterocycles. The molecule has 0 aromatic heterocycles. The third kappa shape index (κ3) is 2.51. The summed E-state index contributed by atoms with van der Waals surface area (Å²) in [6.45, 7) is 11.8. The van der Waals surface area contributed by atoms with Crippen molar-refractivity contribution in [2.75, 3.05) is 6.54 Å². The smallest absolute Gasteiger partial charge is 0.305 e.